The molecule has 1 saturated carbocycles. The van der Waals surface area contributed by atoms with Crippen molar-refractivity contribution in [2.45, 2.75) is 44.2 Å². The molecule has 3 aromatic rings. The highest BCUT2D eigenvalue weighted by Crippen LogP contribution is 2.39. The third kappa shape index (κ3) is 7.00. The number of benzene rings is 2. The van der Waals surface area contributed by atoms with Crippen molar-refractivity contribution in [3.05, 3.63) is 89.2 Å². The summed E-state index contributed by atoms with van der Waals surface area (Å²) < 4.78 is 0. The molecule has 3 fully saturated rings. The number of fused-ring (bicyclic) bond motifs is 2. The van der Waals surface area contributed by atoms with Crippen LogP contribution in [-0.2, 0) is 0 Å². The number of hydrogen-bond acceptors (Lipinski definition) is 7. The maximum Gasteiger partial charge on any atom is 0.251 e. The predicted octanol–water partition coefficient (Wildman–Crippen LogP) is 3.96. The van der Waals surface area contributed by atoms with Crippen LogP contribution in [0.5, 0.6) is 5.75 Å². The maximum atomic E-state index is 13.4. The van der Waals surface area contributed by atoms with E-state index in [4.69, 9.17) is 0 Å². The molecule has 2 aromatic carbocycles. The molecule has 9 nitrogen and oxygen atoms in total. The molecular formula is C33H38ClN5O4. The summed E-state index contributed by atoms with van der Waals surface area (Å²) in [5.41, 5.74) is 2.57. The van der Waals surface area contributed by atoms with Gasteiger partial charge in [0.05, 0.1) is 17.6 Å². The van der Waals surface area contributed by atoms with E-state index in [9.17, 15) is 19.5 Å². The van der Waals surface area contributed by atoms with Gasteiger partial charge >= 0.3 is 0 Å². The van der Waals surface area contributed by atoms with Crippen molar-refractivity contribution in [2.75, 3.05) is 31.1 Å². The molecule has 2 unspecified atom stereocenters. The lowest BCUT2D eigenvalue weighted by molar-refractivity contribution is 0.0882. The molecule has 1 aromatic heterocycles. The zero-order valence-corrected chi connectivity index (χ0v) is 24.8. The van der Waals surface area contributed by atoms with Crippen LogP contribution in [0, 0.1) is 11.8 Å². The van der Waals surface area contributed by atoms with E-state index in [1.807, 2.05) is 6.07 Å². The van der Waals surface area contributed by atoms with Crippen molar-refractivity contribution in [2.24, 2.45) is 11.8 Å². The van der Waals surface area contributed by atoms with Gasteiger partial charge in [0.1, 0.15) is 5.75 Å². The van der Waals surface area contributed by atoms with E-state index in [1.165, 1.54) is 19.3 Å². The van der Waals surface area contributed by atoms with Crippen LogP contribution in [0.25, 0.3) is 0 Å². The Labute approximate surface area is 257 Å². The van der Waals surface area contributed by atoms with Gasteiger partial charge in [-0.3, -0.25) is 19.4 Å². The van der Waals surface area contributed by atoms with Gasteiger partial charge in [0.25, 0.3) is 11.8 Å². The Hall–Kier alpha value is -3.95. The van der Waals surface area contributed by atoms with E-state index in [-0.39, 0.29) is 53.4 Å². The molecule has 10 heteroatoms. The Morgan fingerprint density at radius 1 is 0.814 bits per heavy atom. The molecule has 6 rings (SSSR count). The zero-order valence-electron chi connectivity index (χ0n) is 24.0. The minimum absolute atomic E-state index is 0. The Morgan fingerprint density at radius 2 is 1.44 bits per heavy atom. The number of phenolic OH excluding ortho intramolecular Hbond substituents is 1. The van der Waals surface area contributed by atoms with Crippen LogP contribution >= 0.6 is 12.4 Å². The first-order valence-corrected chi connectivity index (χ1v) is 14.9. The minimum atomic E-state index is -0.289. The molecule has 1 aliphatic carbocycles. The molecule has 4 N–H and O–H groups in total. The monoisotopic (exact) mass is 603 g/mol. The maximum absolute atomic E-state index is 13.4. The largest absolute Gasteiger partial charge is 0.507 e. The molecule has 0 spiro atoms. The first-order chi connectivity index (χ1) is 20.4. The second-order valence-corrected chi connectivity index (χ2v) is 11.8. The number of carbonyl (C=O) groups excluding carboxylic acids is 3. The number of aromatic nitrogens is 1. The van der Waals surface area contributed by atoms with Crippen molar-refractivity contribution in [3.63, 3.8) is 0 Å². The van der Waals surface area contributed by atoms with Gasteiger partial charge in [-0.15, -0.1) is 12.4 Å². The number of rotatable bonds is 7. The first kappa shape index (κ1) is 30.5. The smallest absolute Gasteiger partial charge is 0.251 e. The Kier molecular flexibility index (Phi) is 9.62. The predicted molar refractivity (Wildman–Crippen MR) is 167 cm³/mol. The summed E-state index contributed by atoms with van der Waals surface area (Å²) in [6.07, 6.45) is 8.55. The molecule has 2 aliphatic heterocycles. The lowest BCUT2D eigenvalue weighted by Crippen LogP contribution is -2.54. The lowest BCUT2D eigenvalue weighted by Gasteiger charge is -2.34. The fourth-order valence-electron chi connectivity index (χ4n) is 6.63. The number of carbonyl (C=O) groups is 3. The molecule has 43 heavy (non-hydrogen) atoms. The number of amides is 2. The van der Waals surface area contributed by atoms with Gasteiger partial charge in [0.15, 0.2) is 5.78 Å². The van der Waals surface area contributed by atoms with Gasteiger partial charge < -0.3 is 26.0 Å². The fraction of sp³-hybridized carbons (Fsp3) is 0.394. The van der Waals surface area contributed by atoms with Crippen molar-refractivity contribution in [3.8, 4) is 5.75 Å². The number of hydrogen-bond donors (Lipinski definition) is 4. The van der Waals surface area contributed by atoms with Crippen molar-refractivity contribution >= 4 is 35.7 Å². The molecule has 3 heterocycles. The third-order valence-electron chi connectivity index (χ3n) is 8.90. The number of halogens is 1. The molecule has 4 atom stereocenters. The highest BCUT2D eigenvalue weighted by atomic mass is 35.5. The number of phenols is 1. The van der Waals surface area contributed by atoms with Gasteiger partial charge in [-0.25, -0.2) is 0 Å². The van der Waals surface area contributed by atoms with Gasteiger partial charge in [0.2, 0.25) is 0 Å². The SMILES string of the molecule is Cl.O=C(N[C@@H]1CCCNC[C@H]1NC(=O)c1ccncc1)c1ccc(C(=O)c2cc(N3CC4CCC(C4)C3)ccc2O)cc1. The third-order valence-corrected chi connectivity index (χ3v) is 8.90. The van der Waals surface area contributed by atoms with Crippen LogP contribution in [-0.4, -0.2) is 66.0 Å². The summed E-state index contributed by atoms with van der Waals surface area (Å²) in [4.78, 5) is 45.7. The van der Waals surface area contributed by atoms with Crippen LogP contribution in [0.15, 0.2) is 67.0 Å². The molecule has 3 aliphatic rings. The minimum Gasteiger partial charge on any atom is -0.507 e. The summed E-state index contributed by atoms with van der Waals surface area (Å²) >= 11 is 0. The quantitative estimate of drug-likeness (QED) is 0.302. The van der Waals surface area contributed by atoms with Crippen molar-refractivity contribution < 1.29 is 19.5 Å². The Balaban J connectivity index is 0.00000368. The van der Waals surface area contributed by atoms with E-state index in [0.29, 0.717) is 41.5 Å². The van der Waals surface area contributed by atoms with E-state index in [1.54, 1.807) is 60.9 Å². The molecule has 2 amide bonds. The summed E-state index contributed by atoms with van der Waals surface area (Å²) in [6, 6.07) is 14.6. The first-order valence-electron chi connectivity index (χ1n) is 14.9. The fourth-order valence-corrected chi connectivity index (χ4v) is 6.63. The highest BCUT2D eigenvalue weighted by Gasteiger charge is 2.33. The number of pyridine rings is 1. The average molecular weight is 604 g/mol. The van der Waals surface area contributed by atoms with Crippen LogP contribution in [0.2, 0.25) is 0 Å². The molecule has 2 bridgehead atoms. The normalized spacial score (nSPS) is 23.0. The van der Waals surface area contributed by atoms with Gasteiger partial charge in [-0.05, 0) is 92.9 Å². The van der Waals surface area contributed by atoms with Crippen LogP contribution in [0.4, 0.5) is 5.69 Å². The van der Waals surface area contributed by atoms with Crippen LogP contribution < -0.4 is 20.9 Å². The summed E-state index contributed by atoms with van der Waals surface area (Å²) in [7, 11) is 0. The molecule has 226 valence electrons. The van der Waals surface area contributed by atoms with Gasteiger partial charge in [-0.2, -0.15) is 0 Å². The second kappa shape index (κ2) is 13.6. The Morgan fingerprint density at radius 3 is 2.14 bits per heavy atom. The topological polar surface area (TPSA) is 124 Å². The number of piperidine rings is 1. The lowest BCUT2D eigenvalue weighted by atomic mass is 9.96. The zero-order chi connectivity index (χ0) is 29.1. The van der Waals surface area contributed by atoms with Crippen LogP contribution in [0.1, 0.15) is 68.7 Å². The second-order valence-electron chi connectivity index (χ2n) is 11.8. The number of nitrogens with zero attached hydrogens (tertiary/aromatic N) is 2. The molecular weight excluding hydrogens is 566 g/mol. The van der Waals surface area contributed by atoms with Gasteiger partial charge in [-0.1, -0.05) is 12.1 Å². The summed E-state index contributed by atoms with van der Waals surface area (Å²) in [6.45, 7) is 3.32. The molecule has 2 saturated heterocycles. The number of aromatic hydroxyl groups is 1. The van der Waals surface area contributed by atoms with Gasteiger partial charge in [0, 0.05) is 54.4 Å². The number of anilines is 1. The summed E-state index contributed by atoms with van der Waals surface area (Å²) in [5, 5.41) is 20.0. The standard InChI is InChI=1S/C33H37N5O4.ClH/c39-30-10-9-26(38-19-21-3-4-22(16-21)20-38)17-27(30)31(40)23-5-7-24(8-6-23)32(41)36-28-2-1-13-35-18-29(28)37-33(42)25-11-14-34-15-12-25;/h5-12,14-15,17,21-22,28-29,35,39H,1-4,13,16,18-20H2,(H,36,41)(H,37,42);1H/t21?,22?,28-,29-;/m1./s1. The molecule has 0 radical (unpaired) electrons. The van der Waals surface area contributed by atoms with E-state index < -0.39 is 0 Å². The van der Waals surface area contributed by atoms with E-state index in [2.05, 4.69) is 25.8 Å². The van der Waals surface area contributed by atoms with Crippen molar-refractivity contribution in [1.82, 2.24) is 20.9 Å². The highest BCUT2D eigenvalue weighted by molar-refractivity contribution is 6.11. The summed E-state index contributed by atoms with van der Waals surface area (Å²) in [5.74, 6) is 0.597. The van der Waals surface area contributed by atoms with E-state index >= 15 is 0 Å². The number of ketones is 1. The number of nitrogens with one attached hydrogen (secondary N) is 3. The van der Waals surface area contributed by atoms with Crippen molar-refractivity contribution in [1.29, 1.82) is 0 Å². The Bertz CT molecular complexity index is 1440. The van der Waals surface area contributed by atoms with Crippen LogP contribution in [0.3, 0.4) is 0 Å². The average Bonchev–Trinajstić information content (AvgIpc) is 3.21. The van der Waals surface area contributed by atoms with E-state index in [0.717, 1.165) is 31.7 Å².